The molecule has 118 valence electrons. The van der Waals surface area contributed by atoms with Gasteiger partial charge < -0.3 is 5.11 Å². The average Bonchev–Trinajstić information content (AvgIpc) is 2.24. The maximum absolute atomic E-state index is 11.3. The summed E-state index contributed by atoms with van der Waals surface area (Å²) in [5.74, 6) is 0.205. The van der Waals surface area contributed by atoms with Gasteiger partial charge in [-0.2, -0.15) is 0 Å². The number of rotatable bonds is 3. The van der Waals surface area contributed by atoms with Crippen LogP contribution in [0.4, 0.5) is 0 Å². The predicted octanol–water partition coefficient (Wildman–Crippen LogP) is 5.22. The Balaban J connectivity index is 3.85. The molecule has 1 aromatic rings. The number of phenolic OH excluding ortho intramolecular Hbond substituents is 1. The zero-order valence-electron chi connectivity index (χ0n) is 14.2. The highest BCUT2D eigenvalue weighted by molar-refractivity contribution is 7.29. The van der Waals surface area contributed by atoms with Gasteiger partial charge in [0, 0.05) is 5.56 Å². The quantitative estimate of drug-likeness (QED) is 0.778. The zero-order chi connectivity index (χ0) is 16.6. The molecular weight excluding hydrogens is 283 g/mol. The topological polar surface area (TPSA) is 54.4 Å². The third-order valence-corrected chi connectivity index (χ3v) is 4.30. The van der Waals surface area contributed by atoms with Gasteiger partial charge in [0.15, 0.2) is 0 Å². The van der Waals surface area contributed by atoms with E-state index >= 15 is 0 Å². The van der Waals surface area contributed by atoms with E-state index in [4.69, 9.17) is 0 Å². The van der Waals surface area contributed by atoms with Crippen molar-refractivity contribution in [1.29, 1.82) is 0 Å². The fourth-order valence-electron chi connectivity index (χ4n) is 2.98. The molecule has 1 rings (SSSR count). The van der Waals surface area contributed by atoms with Crippen LogP contribution in [0.5, 0.6) is 5.75 Å². The lowest BCUT2D eigenvalue weighted by molar-refractivity contribution is 0.439. The van der Waals surface area contributed by atoms with Crippen LogP contribution in [0.15, 0.2) is 6.07 Å². The zero-order valence-corrected chi connectivity index (χ0v) is 15.1. The normalized spacial score (nSPS) is 12.5. The number of aromatic hydroxyl groups is 1. The molecule has 1 N–H and O–H groups in total. The van der Waals surface area contributed by atoms with Gasteiger partial charge in [-0.3, -0.25) is 0 Å². The highest BCUT2D eigenvalue weighted by Gasteiger charge is 2.29. The van der Waals surface area contributed by atoms with E-state index in [0.29, 0.717) is 0 Å². The van der Waals surface area contributed by atoms with Crippen LogP contribution in [-0.4, -0.2) is 5.11 Å². The second kappa shape index (κ2) is 5.96. The van der Waals surface area contributed by atoms with Gasteiger partial charge in [0.05, 0.1) is 6.16 Å². The molecular formula is C17H27O3P. The lowest BCUT2D eigenvalue weighted by atomic mass is 9.75. The van der Waals surface area contributed by atoms with E-state index in [1.807, 2.05) is 33.8 Å². The van der Waals surface area contributed by atoms with Crippen molar-refractivity contribution in [2.75, 3.05) is 0 Å². The molecule has 0 unspecified atom stereocenters. The van der Waals surface area contributed by atoms with Gasteiger partial charge in [-0.05, 0) is 40.0 Å². The summed E-state index contributed by atoms with van der Waals surface area (Å²) in [5.41, 5.74) is 3.19. The molecule has 0 aromatic heterocycles. The molecule has 3 nitrogen and oxygen atoms in total. The van der Waals surface area contributed by atoms with Crippen LogP contribution in [-0.2, 0) is 32.5 Å². The van der Waals surface area contributed by atoms with Gasteiger partial charge in [0.2, 0.25) is 0 Å². The molecule has 0 atom stereocenters. The summed E-state index contributed by atoms with van der Waals surface area (Å²) in [4.78, 5) is 0. The van der Waals surface area contributed by atoms with Crippen molar-refractivity contribution >= 4 is 7.68 Å². The fraction of sp³-hybridized carbons (Fsp3) is 0.647. The van der Waals surface area contributed by atoms with Gasteiger partial charge in [0.1, 0.15) is 5.75 Å². The third kappa shape index (κ3) is 3.97. The Morgan fingerprint density at radius 3 is 1.86 bits per heavy atom. The van der Waals surface area contributed by atoms with E-state index in [2.05, 4.69) is 20.8 Å². The van der Waals surface area contributed by atoms with Gasteiger partial charge >= 0.3 is 7.68 Å². The Morgan fingerprint density at radius 1 is 1.00 bits per heavy atom. The Labute approximate surface area is 128 Å². The molecule has 0 fully saturated rings. The van der Waals surface area contributed by atoms with E-state index in [-0.39, 0.29) is 22.7 Å². The Hall–Kier alpha value is -1.08. The van der Waals surface area contributed by atoms with Crippen molar-refractivity contribution in [3.05, 3.63) is 28.3 Å². The lowest BCUT2D eigenvalue weighted by Crippen LogP contribution is -2.21. The lowest BCUT2D eigenvalue weighted by Gasteiger charge is -2.31. The molecule has 0 spiro atoms. The summed E-state index contributed by atoms with van der Waals surface area (Å²) < 4.78 is 22.7. The SMILES string of the molecule is CCc1c(C(C)(C)C)cc(O)c(C(C)(C)C)c1CP(=O)=O. The van der Waals surface area contributed by atoms with Gasteiger partial charge in [-0.15, -0.1) is 0 Å². The molecule has 0 aliphatic heterocycles. The predicted molar refractivity (Wildman–Crippen MR) is 86.9 cm³/mol. The smallest absolute Gasteiger partial charge is 0.320 e. The summed E-state index contributed by atoms with van der Waals surface area (Å²) in [6, 6.07) is 1.82. The molecule has 0 saturated carbocycles. The number of hydrogen-bond donors (Lipinski definition) is 1. The summed E-state index contributed by atoms with van der Waals surface area (Å²) in [6.45, 7) is 14.3. The van der Waals surface area contributed by atoms with Crippen molar-refractivity contribution in [2.45, 2.75) is 71.9 Å². The largest absolute Gasteiger partial charge is 0.508 e. The summed E-state index contributed by atoms with van der Waals surface area (Å²) in [6.07, 6.45) is 0.747. The van der Waals surface area contributed by atoms with E-state index < -0.39 is 7.68 Å². The fourth-order valence-corrected chi connectivity index (χ4v) is 3.58. The van der Waals surface area contributed by atoms with Crippen molar-refractivity contribution < 1.29 is 14.2 Å². The number of benzene rings is 1. The van der Waals surface area contributed by atoms with Crippen LogP contribution >= 0.6 is 7.68 Å². The van der Waals surface area contributed by atoms with E-state index in [1.54, 1.807) is 0 Å². The van der Waals surface area contributed by atoms with Gasteiger partial charge in [-0.25, -0.2) is 9.13 Å². The van der Waals surface area contributed by atoms with Crippen LogP contribution in [0.25, 0.3) is 0 Å². The van der Waals surface area contributed by atoms with Crippen LogP contribution in [0, 0.1) is 0 Å². The second-order valence-electron chi connectivity index (χ2n) is 7.62. The molecule has 4 heteroatoms. The molecule has 0 aliphatic carbocycles. The van der Waals surface area contributed by atoms with Crippen molar-refractivity contribution in [2.24, 2.45) is 0 Å². The first kappa shape index (κ1) is 18.0. The molecule has 21 heavy (non-hydrogen) atoms. The monoisotopic (exact) mass is 310 g/mol. The Bertz CT molecular complexity index is 592. The standard InChI is InChI=1S/C17H27O3P/c1-8-11-12(10-21(19)20)15(17(5,6)7)14(18)9-13(11)16(2,3)4/h9,18H,8,10H2,1-7H3. The third-order valence-electron chi connectivity index (χ3n) is 3.73. The minimum Gasteiger partial charge on any atom is -0.508 e. The van der Waals surface area contributed by atoms with Crippen molar-refractivity contribution in [1.82, 2.24) is 0 Å². The van der Waals surface area contributed by atoms with Crippen LogP contribution in [0.3, 0.4) is 0 Å². The molecule has 0 saturated heterocycles. The van der Waals surface area contributed by atoms with Crippen LogP contribution < -0.4 is 0 Å². The minimum atomic E-state index is -2.53. The maximum atomic E-state index is 11.3. The first-order valence-corrected chi connectivity index (χ1v) is 8.76. The van der Waals surface area contributed by atoms with E-state index in [1.165, 1.54) is 0 Å². The molecule has 0 bridgehead atoms. The van der Waals surface area contributed by atoms with Crippen molar-refractivity contribution in [3.8, 4) is 5.75 Å². The highest BCUT2D eigenvalue weighted by Crippen LogP contribution is 2.42. The molecule has 0 aliphatic rings. The van der Waals surface area contributed by atoms with Gasteiger partial charge in [0.25, 0.3) is 0 Å². The summed E-state index contributed by atoms with van der Waals surface area (Å²) in [7, 11) is -2.53. The van der Waals surface area contributed by atoms with Crippen LogP contribution in [0.1, 0.15) is 70.7 Å². The highest BCUT2D eigenvalue weighted by atomic mass is 31.1. The Morgan fingerprint density at radius 2 is 1.52 bits per heavy atom. The summed E-state index contributed by atoms with van der Waals surface area (Å²) in [5, 5.41) is 10.5. The Kier molecular flexibility index (Phi) is 5.10. The number of phenols is 1. The van der Waals surface area contributed by atoms with Crippen LogP contribution in [0.2, 0.25) is 0 Å². The van der Waals surface area contributed by atoms with E-state index in [0.717, 1.165) is 28.7 Å². The maximum Gasteiger partial charge on any atom is 0.320 e. The first-order valence-electron chi connectivity index (χ1n) is 7.40. The summed E-state index contributed by atoms with van der Waals surface area (Å²) >= 11 is 0. The molecule has 0 radical (unpaired) electrons. The molecule has 0 amide bonds. The molecule has 0 heterocycles. The van der Waals surface area contributed by atoms with Gasteiger partial charge in [-0.1, -0.05) is 48.5 Å². The average molecular weight is 310 g/mol. The number of hydrogen-bond acceptors (Lipinski definition) is 3. The minimum absolute atomic E-state index is 0.0113. The molecule has 1 aromatic carbocycles. The second-order valence-corrected chi connectivity index (χ2v) is 8.60. The van der Waals surface area contributed by atoms with Crippen molar-refractivity contribution in [3.63, 3.8) is 0 Å². The first-order chi connectivity index (χ1) is 9.39. The van der Waals surface area contributed by atoms with E-state index in [9.17, 15) is 14.2 Å².